The van der Waals surface area contributed by atoms with E-state index in [0.29, 0.717) is 0 Å². The van der Waals surface area contributed by atoms with Crippen molar-refractivity contribution < 1.29 is 0 Å². The van der Waals surface area contributed by atoms with E-state index in [1.807, 2.05) is 111 Å². The molecule has 0 spiro atoms. The van der Waals surface area contributed by atoms with E-state index >= 15 is 0 Å². The topological polar surface area (TPSA) is 0 Å². The highest BCUT2D eigenvalue weighted by atomic mass is 14.3. The number of fused-ring (bicyclic) bond motifs is 19. The highest BCUT2D eigenvalue weighted by molar-refractivity contribution is 6.04. The van der Waals surface area contributed by atoms with Crippen LogP contribution in [0, 0.1) is 55.4 Å². The van der Waals surface area contributed by atoms with E-state index < -0.39 is 0 Å². The first-order valence-corrected chi connectivity index (χ1v) is 35.4. The Balaban J connectivity index is 0.000000589. The Hall–Kier alpha value is -8.32. The average Bonchev–Trinajstić information content (AvgIpc) is 1.61. The second-order valence-corrected chi connectivity index (χ2v) is 22.6. The first-order valence-electron chi connectivity index (χ1n) is 35.4. The van der Waals surface area contributed by atoms with Gasteiger partial charge in [-0.2, -0.15) is 0 Å². The average molecular weight is 1280 g/mol. The van der Waals surface area contributed by atoms with Crippen LogP contribution in [0.4, 0.5) is 0 Å². The fourth-order valence-electron chi connectivity index (χ4n) is 13.2. The summed E-state index contributed by atoms with van der Waals surface area (Å²) in [4.78, 5) is 0. The highest BCUT2D eigenvalue weighted by Gasteiger charge is 2.24. The van der Waals surface area contributed by atoms with Crippen LogP contribution >= 0.6 is 0 Å². The van der Waals surface area contributed by atoms with Crippen LogP contribution in [0.25, 0.3) is 87.6 Å². The van der Waals surface area contributed by atoms with Gasteiger partial charge in [-0.15, -0.1) is 0 Å². The summed E-state index contributed by atoms with van der Waals surface area (Å²) in [7, 11) is 0. The molecular formula is C96H128. The quantitative estimate of drug-likeness (QED) is 0.142. The van der Waals surface area contributed by atoms with Gasteiger partial charge in [0.15, 0.2) is 0 Å². The van der Waals surface area contributed by atoms with Gasteiger partial charge in [-0.3, -0.25) is 0 Å². The third kappa shape index (κ3) is 18.8. The van der Waals surface area contributed by atoms with Gasteiger partial charge in [0, 0.05) is 0 Å². The van der Waals surface area contributed by atoms with Crippen molar-refractivity contribution in [3.63, 3.8) is 0 Å². The monoisotopic (exact) mass is 1280 g/mol. The van der Waals surface area contributed by atoms with Crippen LogP contribution in [-0.2, 0) is 25.7 Å². The molecular weight excluding hydrogens is 1150 g/mol. The Morgan fingerprint density at radius 2 is 0.552 bits per heavy atom. The van der Waals surface area contributed by atoms with Crippen LogP contribution in [0.3, 0.4) is 0 Å². The molecule has 16 rings (SSSR count). The minimum atomic E-state index is 0. The zero-order chi connectivity index (χ0) is 67.9. The van der Waals surface area contributed by atoms with Gasteiger partial charge in [-0.25, -0.2) is 0 Å². The van der Waals surface area contributed by atoms with Gasteiger partial charge >= 0.3 is 0 Å². The molecule has 0 saturated heterocycles. The van der Waals surface area contributed by atoms with Gasteiger partial charge in [0.1, 0.15) is 0 Å². The van der Waals surface area contributed by atoms with Gasteiger partial charge in [0.2, 0.25) is 0 Å². The molecule has 0 radical (unpaired) electrons. The maximum atomic E-state index is 2.37. The molecule has 0 heterocycles. The SMILES string of the molecule is C.C.C.C.CC.CC.CC.CC.CC.CC.CC.CC.Cc1ccc2c(c1)Cc1c-2ccc2cc(C)ccc12.Cc1ccc2c(c1)Cc1cc(C)c3ccccc3c1-2.Cc1ccc2c(c1)Cc1cc3cc(C)ccc3cc1-2.Cc1ccc2c(c1)Cc1ccc3c(C)cccc3c1-2. The standard InChI is InChI=1S/4C19H16.8C2H6.4CH4/c1-12-3-6-16-14(9-12)5-8-18-17-7-4-13(2)10-15(17)11-19(16)18;1-12-3-5-14-11-19-17(9-15(14)7-12)10-16-8-13(2)4-6-18(16)19;1-12-6-8-17-15(10-12)11-14-7-9-16-13(2)4-3-5-18(16)19(14)17;1-12-7-8-17-14(9-12)11-15-10-13(2)16-5-3-4-6-18(16)19(15)17;8*1-2;;;;/h3-10H,11H2,1-2H3;3-9,11H,10H2,1-2H3;2*3-10H,11H2,1-2H3;8*1-2H3;4*1H4. The zero-order valence-electron chi connectivity index (χ0n) is 61.3. The largest absolute Gasteiger partial charge is 0.0776 e. The normalized spacial score (nSPS) is 10.4. The van der Waals surface area contributed by atoms with Crippen molar-refractivity contribution in [2.45, 2.75) is 222 Å². The molecule has 0 bridgehead atoms. The Morgan fingerprint density at radius 1 is 0.198 bits per heavy atom. The lowest BCUT2D eigenvalue weighted by Gasteiger charge is -2.09. The van der Waals surface area contributed by atoms with Gasteiger partial charge in [-0.1, -0.05) is 362 Å². The lowest BCUT2D eigenvalue weighted by molar-refractivity contribution is 1.24. The summed E-state index contributed by atoms with van der Waals surface area (Å²) < 4.78 is 0. The minimum Gasteiger partial charge on any atom is -0.0776 e. The van der Waals surface area contributed by atoms with Crippen LogP contribution in [0.1, 0.15) is 230 Å². The van der Waals surface area contributed by atoms with Gasteiger partial charge in [-0.05, 0) is 230 Å². The summed E-state index contributed by atoms with van der Waals surface area (Å²) in [5.74, 6) is 0. The van der Waals surface area contributed by atoms with Crippen LogP contribution in [0.2, 0.25) is 0 Å². The number of aryl methyl sites for hydroxylation is 8. The Bertz CT molecular complexity index is 4320. The molecule has 0 N–H and O–H groups in total. The minimum absolute atomic E-state index is 0. The lowest BCUT2D eigenvalue weighted by Crippen LogP contribution is -1.86. The summed E-state index contributed by atoms with van der Waals surface area (Å²) in [5, 5.41) is 11.1. The smallest absolute Gasteiger partial charge is 0.000719 e. The van der Waals surface area contributed by atoms with Gasteiger partial charge in [0.05, 0.1) is 0 Å². The van der Waals surface area contributed by atoms with Crippen molar-refractivity contribution in [1.29, 1.82) is 0 Å². The highest BCUT2D eigenvalue weighted by Crippen LogP contribution is 2.45. The van der Waals surface area contributed by atoms with Crippen molar-refractivity contribution in [2.24, 2.45) is 0 Å². The Kier molecular flexibility index (Phi) is 37.1. The second-order valence-electron chi connectivity index (χ2n) is 22.6. The summed E-state index contributed by atoms with van der Waals surface area (Å²) in [6.45, 7) is 49.4. The van der Waals surface area contributed by atoms with E-state index in [9.17, 15) is 0 Å². The van der Waals surface area contributed by atoms with Crippen molar-refractivity contribution in [3.05, 3.63) is 283 Å². The van der Waals surface area contributed by atoms with E-state index in [0.717, 1.165) is 25.7 Å². The molecule has 0 aromatic heterocycles. The molecule has 0 unspecified atom stereocenters. The molecule has 512 valence electrons. The lowest BCUT2D eigenvalue weighted by atomic mass is 9.94. The third-order valence-electron chi connectivity index (χ3n) is 16.9. The number of rotatable bonds is 0. The molecule has 12 aromatic rings. The number of hydrogen-bond acceptors (Lipinski definition) is 0. The van der Waals surface area contributed by atoms with Crippen molar-refractivity contribution in [2.75, 3.05) is 0 Å². The predicted molar refractivity (Wildman–Crippen MR) is 444 cm³/mol. The molecule has 4 aliphatic carbocycles. The van der Waals surface area contributed by atoms with Gasteiger partial charge in [0.25, 0.3) is 0 Å². The van der Waals surface area contributed by atoms with Crippen molar-refractivity contribution >= 4 is 43.1 Å². The van der Waals surface area contributed by atoms with Crippen LogP contribution in [0.5, 0.6) is 0 Å². The molecule has 0 aliphatic heterocycles. The van der Waals surface area contributed by atoms with Crippen molar-refractivity contribution in [3.8, 4) is 44.5 Å². The zero-order valence-corrected chi connectivity index (χ0v) is 61.3. The Labute approximate surface area is 588 Å². The maximum absolute atomic E-state index is 2.37. The van der Waals surface area contributed by atoms with Gasteiger partial charge < -0.3 is 0 Å². The van der Waals surface area contributed by atoms with E-state index in [-0.39, 0.29) is 29.7 Å². The Morgan fingerprint density at radius 3 is 1.09 bits per heavy atom. The van der Waals surface area contributed by atoms with E-state index in [1.54, 1.807) is 0 Å². The first kappa shape index (κ1) is 85.7. The predicted octanol–water partition coefficient (Wildman–Crippen LogP) is 30.9. The summed E-state index contributed by atoms with van der Waals surface area (Å²) in [6, 6.07) is 72.4. The molecule has 12 aromatic carbocycles. The molecule has 96 heavy (non-hydrogen) atoms. The maximum Gasteiger partial charge on any atom is -0.000719 e. The second kappa shape index (κ2) is 41.6. The summed E-state index contributed by atoms with van der Waals surface area (Å²) in [5.41, 5.74) is 34.1. The van der Waals surface area contributed by atoms with E-state index in [4.69, 9.17) is 0 Å². The molecule has 4 aliphatic rings. The molecule has 0 fully saturated rings. The fourth-order valence-corrected chi connectivity index (χ4v) is 13.2. The third-order valence-corrected chi connectivity index (χ3v) is 16.9. The summed E-state index contributed by atoms with van der Waals surface area (Å²) >= 11 is 0. The first-order chi connectivity index (χ1) is 44.9. The molecule has 0 atom stereocenters. The van der Waals surface area contributed by atoms with Crippen LogP contribution < -0.4 is 0 Å². The van der Waals surface area contributed by atoms with Crippen LogP contribution in [0.15, 0.2) is 194 Å². The molecule has 0 nitrogen and oxygen atoms in total. The van der Waals surface area contributed by atoms with Crippen molar-refractivity contribution in [1.82, 2.24) is 0 Å². The summed E-state index contributed by atoms with van der Waals surface area (Å²) in [6.07, 6.45) is 4.32. The molecule has 0 amide bonds. The fraction of sp³-hybridized carbons (Fsp3) is 0.333. The number of benzene rings is 12. The van der Waals surface area contributed by atoms with E-state index in [2.05, 4.69) is 250 Å². The number of hydrogen-bond donors (Lipinski definition) is 0. The molecule has 0 heteroatoms. The van der Waals surface area contributed by atoms with E-state index in [1.165, 1.54) is 177 Å². The van der Waals surface area contributed by atoms with Crippen LogP contribution in [-0.4, -0.2) is 0 Å². The molecule has 0 saturated carbocycles.